The Labute approximate surface area is 126 Å². The van der Waals surface area contributed by atoms with E-state index in [1.165, 1.54) is 0 Å². The van der Waals surface area contributed by atoms with Crippen LogP contribution in [-0.2, 0) is 6.42 Å². The minimum absolute atomic E-state index is 0.608. The third kappa shape index (κ3) is 3.14. The molecule has 0 unspecified atom stereocenters. The van der Waals surface area contributed by atoms with Crippen LogP contribution < -0.4 is 5.73 Å². The zero-order valence-corrected chi connectivity index (χ0v) is 13.2. The fraction of sp³-hybridized carbons (Fsp3) is 0.286. The number of nitrogens with zero attached hydrogens (tertiary/aromatic N) is 2. The highest BCUT2D eigenvalue weighted by atomic mass is 79.9. The van der Waals surface area contributed by atoms with E-state index in [1.54, 1.807) is 0 Å². The van der Waals surface area contributed by atoms with E-state index in [9.17, 15) is 0 Å². The summed E-state index contributed by atoms with van der Waals surface area (Å²) in [7, 11) is 0. The van der Waals surface area contributed by atoms with Gasteiger partial charge in [-0.3, -0.25) is 0 Å². The molecule has 1 aromatic heterocycles. The number of aromatic nitrogens is 2. The normalized spacial score (nSPS) is 10.8. The van der Waals surface area contributed by atoms with Crippen molar-refractivity contribution >= 4 is 27.5 Å². The Bertz CT molecular complexity index is 591. The first-order valence-electron chi connectivity index (χ1n) is 6.02. The second-order valence-electron chi connectivity index (χ2n) is 4.36. The Hall–Kier alpha value is -0.970. The fourth-order valence-corrected chi connectivity index (χ4v) is 2.51. The van der Waals surface area contributed by atoms with Crippen molar-refractivity contribution in [2.45, 2.75) is 20.3 Å². The number of halogens is 2. The van der Waals surface area contributed by atoms with Gasteiger partial charge < -0.3 is 5.73 Å². The molecule has 0 amide bonds. The average Bonchev–Trinajstić information content (AvgIpc) is 2.37. The van der Waals surface area contributed by atoms with Crippen LogP contribution in [-0.4, -0.2) is 16.5 Å². The van der Waals surface area contributed by atoms with Gasteiger partial charge in [0.1, 0.15) is 0 Å². The maximum Gasteiger partial charge on any atom is 0.159 e. The molecule has 0 spiro atoms. The molecule has 2 N–H and O–H groups in total. The molecule has 2 rings (SSSR count). The quantitative estimate of drug-likeness (QED) is 0.927. The maximum atomic E-state index is 6.00. The highest BCUT2D eigenvalue weighted by molar-refractivity contribution is 9.10. The van der Waals surface area contributed by atoms with Crippen molar-refractivity contribution in [1.82, 2.24) is 9.97 Å². The molecule has 0 aliphatic carbocycles. The van der Waals surface area contributed by atoms with Crippen molar-refractivity contribution in [3.63, 3.8) is 0 Å². The van der Waals surface area contributed by atoms with Gasteiger partial charge in [0.2, 0.25) is 0 Å². The molecule has 0 saturated heterocycles. The smallest absolute Gasteiger partial charge is 0.159 e. The van der Waals surface area contributed by atoms with E-state index >= 15 is 0 Å². The first-order valence-corrected chi connectivity index (χ1v) is 7.19. The van der Waals surface area contributed by atoms with Crippen LogP contribution in [0.25, 0.3) is 11.4 Å². The lowest BCUT2D eigenvalue weighted by Crippen LogP contribution is -2.09. The fourth-order valence-electron chi connectivity index (χ4n) is 2.01. The first-order chi connectivity index (χ1) is 9.02. The summed E-state index contributed by atoms with van der Waals surface area (Å²) in [5, 5.41) is 0.678. The Morgan fingerprint density at radius 2 is 1.84 bits per heavy atom. The summed E-state index contributed by atoms with van der Waals surface area (Å²) < 4.78 is 0.844. The number of nitrogens with two attached hydrogens (primary N) is 1. The van der Waals surface area contributed by atoms with Gasteiger partial charge in [0.15, 0.2) is 5.82 Å². The molecule has 3 nitrogen and oxygen atoms in total. The van der Waals surface area contributed by atoms with Crippen LogP contribution in [0.15, 0.2) is 22.7 Å². The molecule has 0 bridgehead atoms. The minimum atomic E-state index is 0.608. The second-order valence-corrected chi connectivity index (χ2v) is 5.63. The lowest BCUT2D eigenvalue weighted by molar-refractivity contribution is 0.899. The molecule has 19 heavy (non-hydrogen) atoms. The zero-order valence-electron chi connectivity index (χ0n) is 10.9. The standard InChI is InChI=1S/C14H15BrClN3/c1-8-11(5-6-17)9(2)19-14(18-8)10-3-4-13(16)12(15)7-10/h3-4,7H,5-6,17H2,1-2H3. The molecule has 0 aliphatic rings. The van der Waals surface area contributed by atoms with E-state index in [0.29, 0.717) is 17.4 Å². The molecular formula is C14H15BrClN3. The van der Waals surface area contributed by atoms with E-state index in [4.69, 9.17) is 17.3 Å². The second kappa shape index (κ2) is 5.99. The van der Waals surface area contributed by atoms with Crippen molar-refractivity contribution in [2.75, 3.05) is 6.54 Å². The van der Waals surface area contributed by atoms with Crippen molar-refractivity contribution in [3.05, 3.63) is 44.6 Å². The SMILES string of the molecule is Cc1nc(-c2ccc(Cl)c(Br)c2)nc(C)c1CCN. The summed E-state index contributed by atoms with van der Waals surface area (Å²) in [5.41, 5.74) is 9.66. The van der Waals surface area contributed by atoms with Gasteiger partial charge in [-0.25, -0.2) is 9.97 Å². The van der Waals surface area contributed by atoms with E-state index in [2.05, 4.69) is 25.9 Å². The van der Waals surface area contributed by atoms with Crippen LogP contribution in [0, 0.1) is 13.8 Å². The van der Waals surface area contributed by atoms with Crippen LogP contribution in [0.5, 0.6) is 0 Å². The van der Waals surface area contributed by atoms with Crippen LogP contribution in [0.1, 0.15) is 17.0 Å². The highest BCUT2D eigenvalue weighted by Crippen LogP contribution is 2.28. The monoisotopic (exact) mass is 339 g/mol. The molecular weight excluding hydrogens is 326 g/mol. The lowest BCUT2D eigenvalue weighted by atomic mass is 10.1. The highest BCUT2D eigenvalue weighted by Gasteiger charge is 2.10. The number of benzene rings is 1. The predicted molar refractivity (Wildman–Crippen MR) is 82.4 cm³/mol. The number of aryl methyl sites for hydroxylation is 2. The third-order valence-electron chi connectivity index (χ3n) is 2.99. The summed E-state index contributed by atoms with van der Waals surface area (Å²) in [6.07, 6.45) is 0.808. The maximum absolute atomic E-state index is 6.00. The number of hydrogen-bond donors (Lipinski definition) is 1. The third-order valence-corrected chi connectivity index (χ3v) is 4.21. The molecule has 5 heteroatoms. The molecule has 2 aromatic rings. The van der Waals surface area contributed by atoms with Crippen molar-refractivity contribution in [3.8, 4) is 11.4 Å². The van der Waals surface area contributed by atoms with Crippen molar-refractivity contribution in [1.29, 1.82) is 0 Å². The Morgan fingerprint density at radius 1 is 1.21 bits per heavy atom. The Morgan fingerprint density at radius 3 is 2.37 bits per heavy atom. The number of rotatable bonds is 3. The van der Waals surface area contributed by atoms with Gasteiger partial charge in [-0.15, -0.1) is 0 Å². The molecule has 0 atom stereocenters. The summed E-state index contributed by atoms with van der Waals surface area (Å²) in [5.74, 6) is 0.716. The lowest BCUT2D eigenvalue weighted by Gasteiger charge is -2.10. The van der Waals surface area contributed by atoms with Gasteiger partial charge in [0, 0.05) is 21.4 Å². The van der Waals surface area contributed by atoms with Gasteiger partial charge in [-0.2, -0.15) is 0 Å². The van der Waals surface area contributed by atoms with Crippen LogP contribution >= 0.6 is 27.5 Å². The van der Waals surface area contributed by atoms with Gasteiger partial charge in [-0.1, -0.05) is 11.6 Å². The van der Waals surface area contributed by atoms with Gasteiger partial charge >= 0.3 is 0 Å². The average molecular weight is 341 g/mol. The van der Waals surface area contributed by atoms with Crippen molar-refractivity contribution < 1.29 is 0 Å². The zero-order chi connectivity index (χ0) is 14.0. The molecule has 0 fully saturated rings. The summed E-state index contributed by atoms with van der Waals surface area (Å²) in [4.78, 5) is 9.13. The largest absolute Gasteiger partial charge is 0.330 e. The number of hydrogen-bond acceptors (Lipinski definition) is 3. The van der Waals surface area contributed by atoms with Crippen LogP contribution in [0.4, 0.5) is 0 Å². The molecule has 1 aromatic carbocycles. The molecule has 0 radical (unpaired) electrons. The van der Waals surface area contributed by atoms with Gasteiger partial charge in [0.25, 0.3) is 0 Å². The molecule has 1 heterocycles. The van der Waals surface area contributed by atoms with Crippen molar-refractivity contribution in [2.24, 2.45) is 5.73 Å². The molecule has 100 valence electrons. The van der Waals surface area contributed by atoms with E-state index in [1.807, 2.05) is 32.0 Å². The van der Waals surface area contributed by atoms with Crippen LogP contribution in [0.3, 0.4) is 0 Å². The summed E-state index contributed by atoms with van der Waals surface area (Å²) >= 11 is 9.41. The van der Waals surface area contributed by atoms with Crippen LogP contribution in [0.2, 0.25) is 5.02 Å². The topological polar surface area (TPSA) is 51.8 Å². The minimum Gasteiger partial charge on any atom is -0.330 e. The molecule has 0 saturated carbocycles. The first kappa shape index (κ1) is 14.4. The summed E-state index contributed by atoms with van der Waals surface area (Å²) in [6.45, 7) is 4.60. The Balaban J connectivity index is 2.48. The molecule has 0 aliphatic heterocycles. The van der Waals surface area contributed by atoms with E-state index in [0.717, 1.165) is 33.4 Å². The summed E-state index contributed by atoms with van der Waals surface area (Å²) in [6, 6.07) is 5.69. The predicted octanol–water partition coefficient (Wildman–Crippen LogP) is 3.68. The van der Waals surface area contributed by atoms with Gasteiger partial charge in [0.05, 0.1) is 5.02 Å². The van der Waals surface area contributed by atoms with E-state index in [-0.39, 0.29) is 0 Å². The van der Waals surface area contributed by atoms with Gasteiger partial charge in [-0.05, 0) is 66.5 Å². The van der Waals surface area contributed by atoms with E-state index < -0.39 is 0 Å². The Kier molecular flexibility index (Phi) is 4.55.